The molecule has 0 aliphatic carbocycles. The first kappa shape index (κ1) is 5.37. The van der Waals surface area contributed by atoms with E-state index in [1.165, 1.54) is 0 Å². The minimum absolute atomic E-state index is 0.0334. The largest absolute Gasteiger partial charge is 0.505 e. The van der Waals surface area contributed by atoms with Crippen molar-refractivity contribution in [3.8, 4) is 0 Å². The van der Waals surface area contributed by atoms with E-state index in [0.29, 0.717) is 6.61 Å². The van der Waals surface area contributed by atoms with Crippen LogP contribution in [0, 0.1) is 0 Å². The molecule has 4 heteroatoms. The quantitative estimate of drug-likeness (QED) is 0.412. The van der Waals surface area contributed by atoms with Gasteiger partial charge >= 0.3 is 6.16 Å². The fourth-order valence-electron chi connectivity index (χ4n) is 0.329. The van der Waals surface area contributed by atoms with Crippen molar-refractivity contribution < 1.29 is 19.4 Å². The van der Waals surface area contributed by atoms with E-state index in [9.17, 15) is 4.79 Å². The molecule has 0 aromatic carbocycles. The van der Waals surface area contributed by atoms with E-state index in [4.69, 9.17) is 5.11 Å². The first-order valence-corrected chi connectivity index (χ1v) is 2.26. The maximum atomic E-state index is 9.65. The highest BCUT2D eigenvalue weighted by Gasteiger charge is 2.23. The minimum atomic E-state index is -1.24. The van der Waals surface area contributed by atoms with Gasteiger partial charge in [-0.3, -0.25) is 0 Å². The third-order valence-electron chi connectivity index (χ3n) is 0.795. The van der Waals surface area contributed by atoms with Gasteiger partial charge in [-0.15, -0.1) is 0 Å². The van der Waals surface area contributed by atoms with Crippen LogP contribution >= 0.6 is 0 Å². The molecule has 0 radical (unpaired) electrons. The van der Waals surface area contributed by atoms with E-state index in [1.54, 1.807) is 0 Å². The Morgan fingerprint density at radius 2 is 2.62 bits per heavy atom. The Labute approximate surface area is 46.0 Å². The molecule has 0 unspecified atom stereocenters. The molecule has 1 saturated heterocycles. The number of carbonyl (C=O) groups is 1. The summed E-state index contributed by atoms with van der Waals surface area (Å²) < 4.78 is 8.83. The second kappa shape index (κ2) is 2.00. The molecule has 46 valence electrons. The van der Waals surface area contributed by atoms with Crippen molar-refractivity contribution >= 4 is 6.16 Å². The van der Waals surface area contributed by atoms with Crippen LogP contribution in [-0.2, 0) is 9.47 Å². The molecule has 8 heavy (non-hydrogen) atoms. The van der Waals surface area contributed by atoms with Crippen LogP contribution in [0.1, 0.15) is 0 Å². The summed E-state index contributed by atoms with van der Waals surface area (Å²) >= 11 is 0. The van der Waals surface area contributed by atoms with E-state index >= 15 is 0 Å². The van der Waals surface area contributed by atoms with E-state index in [-0.39, 0.29) is 12.7 Å². The van der Waals surface area contributed by atoms with Gasteiger partial charge < -0.3 is 14.6 Å². The summed E-state index contributed by atoms with van der Waals surface area (Å²) in [5, 5.41) is 7.91. The van der Waals surface area contributed by atoms with Gasteiger partial charge in [0.1, 0.15) is 12.7 Å². The number of hydrogen-bond donors (Lipinski definition) is 1. The molecule has 1 heterocycles. The Kier molecular flexibility index (Phi) is 1.34. The average molecular weight is 118 g/mol. The summed E-state index contributed by atoms with van der Waals surface area (Å²) in [6.45, 7) is 0.808. The lowest BCUT2D eigenvalue weighted by Gasteiger charge is -1.91. The Morgan fingerprint density at radius 1 is 2.00 bits per heavy atom. The molecule has 1 fully saturated rings. The highest BCUT2D eigenvalue weighted by atomic mass is 16.7. The molecule has 1 aliphatic heterocycles. The highest BCUT2D eigenvalue weighted by Crippen LogP contribution is 2.07. The minimum Gasteiger partial charge on any atom is -0.450 e. The standard InChI is InChI=1S/C4H6O4/c5-4(6)8-2-3-1-7-3/h3H,1-2H2,(H,5,6)/t3-/m1/s1. The predicted molar refractivity (Wildman–Crippen MR) is 23.7 cm³/mol. The molecule has 1 rings (SSSR count). The smallest absolute Gasteiger partial charge is 0.450 e. The second-order valence-electron chi connectivity index (χ2n) is 1.53. The summed E-state index contributed by atoms with van der Waals surface area (Å²) in [5.74, 6) is 0. The molecular formula is C4H6O4. The lowest BCUT2D eigenvalue weighted by molar-refractivity contribution is 0.0848. The average Bonchev–Trinajstić information content (AvgIpc) is 2.41. The molecule has 0 spiro atoms. The van der Waals surface area contributed by atoms with Crippen molar-refractivity contribution in [2.75, 3.05) is 13.2 Å². The van der Waals surface area contributed by atoms with Crippen LogP contribution < -0.4 is 0 Å². The maximum absolute atomic E-state index is 9.65. The van der Waals surface area contributed by atoms with E-state index in [2.05, 4.69) is 9.47 Å². The van der Waals surface area contributed by atoms with Crippen molar-refractivity contribution in [2.24, 2.45) is 0 Å². The van der Waals surface area contributed by atoms with Gasteiger partial charge in [0.05, 0.1) is 6.61 Å². The predicted octanol–water partition coefficient (Wildman–Crippen LogP) is 0.0798. The normalized spacial score (nSPS) is 24.8. The zero-order valence-electron chi connectivity index (χ0n) is 4.16. The topological polar surface area (TPSA) is 59.1 Å². The molecular weight excluding hydrogens is 112 g/mol. The zero-order chi connectivity index (χ0) is 5.98. The van der Waals surface area contributed by atoms with E-state index < -0.39 is 6.16 Å². The number of rotatable bonds is 2. The van der Waals surface area contributed by atoms with Gasteiger partial charge in [-0.1, -0.05) is 0 Å². The first-order chi connectivity index (χ1) is 3.79. The molecule has 0 saturated carbocycles. The van der Waals surface area contributed by atoms with Crippen molar-refractivity contribution in [1.82, 2.24) is 0 Å². The molecule has 1 aliphatic rings. The molecule has 1 atom stereocenters. The van der Waals surface area contributed by atoms with Crippen LogP contribution in [0.15, 0.2) is 0 Å². The maximum Gasteiger partial charge on any atom is 0.505 e. The summed E-state index contributed by atoms with van der Waals surface area (Å²) in [5.41, 5.74) is 0. The zero-order valence-corrected chi connectivity index (χ0v) is 4.16. The van der Waals surface area contributed by atoms with Crippen LogP contribution in [-0.4, -0.2) is 30.6 Å². The Balaban J connectivity index is 1.95. The van der Waals surface area contributed by atoms with E-state index in [1.807, 2.05) is 0 Å². The third kappa shape index (κ3) is 1.79. The van der Waals surface area contributed by atoms with Crippen molar-refractivity contribution in [2.45, 2.75) is 6.10 Å². The monoisotopic (exact) mass is 118 g/mol. The Morgan fingerprint density at radius 3 is 3.00 bits per heavy atom. The fourth-order valence-corrected chi connectivity index (χ4v) is 0.329. The van der Waals surface area contributed by atoms with Crippen molar-refractivity contribution in [1.29, 1.82) is 0 Å². The van der Waals surface area contributed by atoms with Gasteiger partial charge in [0.15, 0.2) is 0 Å². The number of hydrogen-bond acceptors (Lipinski definition) is 3. The summed E-state index contributed by atoms with van der Waals surface area (Å²) in [4.78, 5) is 9.65. The summed E-state index contributed by atoms with van der Waals surface area (Å²) in [6, 6.07) is 0. The van der Waals surface area contributed by atoms with Gasteiger partial charge in [0.2, 0.25) is 0 Å². The Hall–Kier alpha value is -0.770. The SMILES string of the molecule is O=C(O)OC[C@H]1CO1. The summed E-state index contributed by atoms with van der Waals surface area (Å²) in [6.07, 6.45) is -1.20. The molecule has 4 nitrogen and oxygen atoms in total. The van der Waals surface area contributed by atoms with Crippen LogP contribution in [0.3, 0.4) is 0 Å². The number of epoxide rings is 1. The third-order valence-corrected chi connectivity index (χ3v) is 0.795. The van der Waals surface area contributed by atoms with Gasteiger partial charge in [-0.05, 0) is 0 Å². The first-order valence-electron chi connectivity index (χ1n) is 2.26. The van der Waals surface area contributed by atoms with E-state index in [0.717, 1.165) is 0 Å². The van der Waals surface area contributed by atoms with Gasteiger partial charge in [-0.25, -0.2) is 4.79 Å². The lowest BCUT2D eigenvalue weighted by atomic mass is 10.5. The number of carboxylic acid groups (broad SMARTS) is 1. The Bertz CT molecular complexity index is 96.2. The van der Waals surface area contributed by atoms with Crippen LogP contribution in [0.5, 0.6) is 0 Å². The molecule has 0 amide bonds. The molecule has 1 N–H and O–H groups in total. The van der Waals surface area contributed by atoms with Crippen LogP contribution in [0.25, 0.3) is 0 Å². The van der Waals surface area contributed by atoms with Crippen molar-refractivity contribution in [3.05, 3.63) is 0 Å². The van der Waals surface area contributed by atoms with Gasteiger partial charge in [0, 0.05) is 0 Å². The summed E-state index contributed by atoms with van der Waals surface area (Å²) in [7, 11) is 0. The van der Waals surface area contributed by atoms with Crippen LogP contribution in [0.4, 0.5) is 4.79 Å². The van der Waals surface area contributed by atoms with Gasteiger partial charge in [-0.2, -0.15) is 0 Å². The number of ether oxygens (including phenoxy) is 2. The molecule has 0 bridgehead atoms. The highest BCUT2D eigenvalue weighted by molar-refractivity contribution is 5.56. The second-order valence-corrected chi connectivity index (χ2v) is 1.53. The molecule has 0 aromatic heterocycles. The molecule has 0 aromatic rings. The van der Waals surface area contributed by atoms with Gasteiger partial charge in [0.25, 0.3) is 0 Å². The van der Waals surface area contributed by atoms with Crippen molar-refractivity contribution in [3.63, 3.8) is 0 Å². The lowest BCUT2D eigenvalue weighted by Crippen LogP contribution is -2.06. The van der Waals surface area contributed by atoms with Crippen LogP contribution in [0.2, 0.25) is 0 Å². The fraction of sp³-hybridized carbons (Fsp3) is 0.750.